The zero-order valence-corrected chi connectivity index (χ0v) is 10.7. The minimum absolute atomic E-state index is 0.117. The molecule has 2 saturated heterocycles. The molecule has 2 fully saturated rings. The predicted octanol–water partition coefficient (Wildman–Crippen LogP) is -0.770. The van der Waals surface area contributed by atoms with E-state index in [0.717, 1.165) is 39.0 Å². The number of amides is 1. The number of nitrogens with two attached hydrogens (primary N) is 1. The largest absolute Gasteiger partial charge is 0.358 e. The van der Waals surface area contributed by atoms with Crippen LogP contribution in [0.3, 0.4) is 0 Å². The Morgan fingerprint density at radius 1 is 1.29 bits per heavy atom. The van der Waals surface area contributed by atoms with Gasteiger partial charge in [-0.15, -0.1) is 0 Å². The number of piperidine rings is 1. The lowest BCUT2D eigenvalue weighted by Gasteiger charge is -2.34. The third kappa shape index (κ3) is 3.40. The number of rotatable bonds is 3. The molecule has 0 aliphatic carbocycles. The Kier molecular flexibility index (Phi) is 4.36. The first-order valence-electron chi connectivity index (χ1n) is 6.61. The normalized spacial score (nSPS) is 28.5. The molecule has 2 aliphatic rings. The molecule has 5 nitrogen and oxygen atoms in total. The highest BCUT2D eigenvalue weighted by Gasteiger charge is 2.30. The molecule has 3 N–H and O–H groups in total. The number of nitrogens with one attached hydrogen (secondary N) is 1. The Labute approximate surface area is 103 Å². The minimum atomic E-state index is 0.117. The third-order valence-corrected chi connectivity index (χ3v) is 3.98. The zero-order chi connectivity index (χ0) is 12.3. The molecule has 0 radical (unpaired) electrons. The number of nitrogens with zero attached hydrogens (tertiary/aromatic N) is 2. The second-order valence-corrected chi connectivity index (χ2v) is 5.22. The van der Waals surface area contributed by atoms with Crippen molar-refractivity contribution in [2.24, 2.45) is 5.73 Å². The monoisotopic (exact) mass is 240 g/mol. The van der Waals surface area contributed by atoms with Crippen LogP contribution >= 0.6 is 0 Å². The third-order valence-electron chi connectivity index (χ3n) is 3.98. The number of likely N-dealkylation sites (N-methyl/N-ethyl adjacent to an activating group) is 1. The SMILES string of the molecule is CNC(=O)CN1CCC(N2CCC(N)CC2)C1. The van der Waals surface area contributed by atoms with E-state index in [0.29, 0.717) is 18.6 Å². The lowest BCUT2D eigenvalue weighted by molar-refractivity contribution is -0.121. The van der Waals surface area contributed by atoms with E-state index >= 15 is 0 Å². The fourth-order valence-electron chi connectivity index (χ4n) is 2.82. The zero-order valence-electron chi connectivity index (χ0n) is 10.7. The highest BCUT2D eigenvalue weighted by atomic mass is 16.1. The van der Waals surface area contributed by atoms with Crippen molar-refractivity contribution in [1.29, 1.82) is 0 Å². The molecule has 2 aliphatic heterocycles. The van der Waals surface area contributed by atoms with E-state index in [-0.39, 0.29) is 5.91 Å². The molecule has 2 rings (SSSR count). The first kappa shape index (κ1) is 12.8. The Bertz CT molecular complexity index is 263. The molecule has 1 unspecified atom stereocenters. The Morgan fingerprint density at radius 2 is 2.00 bits per heavy atom. The molecule has 0 aromatic heterocycles. The van der Waals surface area contributed by atoms with E-state index in [1.54, 1.807) is 7.05 Å². The van der Waals surface area contributed by atoms with Crippen molar-refractivity contribution < 1.29 is 4.79 Å². The van der Waals surface area contributed by atoms with Crippen molar-refractivity contribution in [3.63, 3.8) is 0 Å². The molecular weight excluding hydrogens is 216 g/mol. The number of hydrogen-bond donors (Lipinski definition) is 2. The predicted molar refractivity (Wildman–Crippen MR) is 67.7 cm³/mol. The molecule has 2 heterocycles. The second-order valence-electron chi connectivity index (χ2n) is 5.22. The molecule has 5 heteroatoms. The number of likely N-dealkylation sites (tertiary alicyclic amines) is 2. The van der Waals surface area contributed by atoms with Crippen molar-refractivity contribution in [3.8, 4) is 0 Å². The molecule has 17 heavy (non-hydrogen) atoms. The van der Waals surface area contributed by atoms with Crippen LogP contribution in [0, 0.1) is 0 Å². The average molecular weight is 240 g/mol. The molecule has 0 aromatic rings. The molecule has 0 spiro atoms. The van der Waals surface area contributed by atoms with Crippen LogP contribution in [0.4, 0.5) is 0 Å². The van der Waals surface area contributed by atoms with Crippen molar-refractivity contribution >= 4 is 5.91 Å². The second kappa shape index (κ2) is 5.80. The molecule has 0 bridgehead atoms. The van der Waals surface area contributed by atoms with Crippen molar-refractivity contribution in [2.45, 2.75) is 31.3 Å². The van der Waals surface area contributed by atoms with Crippen LogP contribution < -0.4 is 11.1 Å². The Hall–Kier alpha value is -0.650. The first-order chi connectivity index (χ1) is 8.19. The topological polar surface area (TPSA) is 61.6 Å². The number of carbonyl (C=O) groups is 1. The lowest BCUT2D eigenvalue weighted by atomic mass is 10.0. The van der Waals surface area contributed by atoms with E-state index < -0.39 is 0 Å². The molecule has 1 amide bonds. The molecule has 0 aromatic carbocycles. The summed E-state index contributed by atoms with van der Waals surface area (Å²) < 4.78 is 0. The van der Waals surface area contributed by atoms with Crippen LogP contribution in [-0.2, 0) is 4.79 Å². The van der Waals surface area contributed by atoms with Crippen LogP contribution in [-0.4, -0.2) is 67.6 Å². The molecule has 1 atom stereocenters. The summed E-state index contributed by atoms with van der Waals surface area (Å²) in [5, 5.41) is 2.68. The van der Waals surface area contributed by atoms with Gasteiger partial charge in [-0.05, 0) is 32.4 Å². The standard InChI is InChI=1S/C12H24N4O/c1-14-12(17)9-15-5-4-11(8-15)16-6-2-10(13)3-7-16/h10-11H,2-9,13H2,1H3,(H,14,17). The minimum Gasteiger partial charge on any atom is -0.358 e. The van der Waals surface area contributed by atoms with Crippen LogP contribution in [0.15, 0.2) is 0 Å². The summed E-state index contributed by atoms with van der Waals surface area (Å²) >= 11 is 0. The average Bonchev–Trinajstić information content (AvgIpc) is 2.78. The van der Waals surface area contributed by atoms with Gasteiger partial charge in [0.25, 0.3) is 0 Å². The Morgan fingerprint density at radius 3 is 2.65 bits per heavy atom. The van der Waals surface area contributed by atoms with Gasteiger partial charge >= 0.3 is 0 Å². The molecule has 98 valence electrons. The summed E-state index contributed by atoms with van der Waals surface area (Å²) in [7, 11) is 1.70. The molecular formula is C12H24N4O. The van der Waals surface area contributed by atoms with E-state index in [9.17, 15) is 4.79 Å². The number of carbonyl (C=O) groups excluding carboxylic acids is 1. The van der Waals surface area contributed by atoms with Gasteiger partial charge in [-0.1, -0.05) is 0 Å². The van der Waals surface area contributed by atoms with Gasteiger partial charge in [-0.25, -0.2) is 0 Å². The van der Waals surface area contributed by atoms with Crippen molar-refractivity contribution in [3.05, 3.63) is 0 Å². The van der Waals surface area contributed by atoms with Gasteiger partial charge in [-0.2, -0.15) is 0 Å². The number of hydrogen-bond acceptors (Lipinski definition) is 4. The summed E-state index contributed by atoms with van der Waals surface area (Å²) in [5.41, 5.74) is 5.92. The van der Waals surface area contributed by atoms with E-state index in [4.69, 9.17) is 5.73 Å². The smallest absolute Gasteiger partial charge is 0.233 e. The summed E-state index contributed by atoms with van der Waals surface area (Å²) in [4.78, 5) is 16.1. The maximum atomic E-state index is 11.3. The van der Waals surface area contributed by atoms with E-state index in [2.05, 4.69) is 15.1 Å². The van der Waals surface area contributed by atoms with Crippen LogP contribution in [0.2, 0.25) is 0 Å². The van der Waals surface area contributed by atoms with Crippen LogP contribution in [0.5, 0.6) is 0 Å². The Balaban J connectivity index is 1.75. The van der Waals surface area contributed by atoms with Gasteiger partial charge < -0.3 is 11.1 Å². The highest BCUT2D eigenvalue weighted by Crippen LogP contribution is 2.19. The van der Waals surface area contributed by atoms with Gasteiger partial charge in [0.05, 0.1) is 6.54 Å². The van der Waals surface area contributed by atoms with E-state index in [1.807, 2.05) is 0 Å². The van der Waals surface area contributed by atoms with E-state index in [1.165, 1.54) is 6.42 Å². The van der Waals surface area contributed by atoms with Gasteiger partial charge in [0, 0.05) is 32.2 Å². The van der Waals surface area contributed by atoms with Gasteiger partial charge in [0.1, 0.15) is 0 Å². The van der Waals surface area contributed by atoms with Crippen LogP contribution in [0.25, 0.3) is 0 Å². The summed E-state index contributed by atoms with van der Waals surface area (Å²) in [6.07, 6.45) is 3.42. The first-order valence-corrected chi connectivity index (χ1v) is 6.61. The van der Waals surface area contributed by atoms with Gasteiger partial charge in [0.15, 0.2) is 0 Å². The van der Waals surface area contributed by atoms with Crippen molar-refractivity contribution in [1.82, 2.24) is 15.1 Å². The summed E-state index contributed by atoms with van der Waals surface area (Å²) in [5.74, 6) is 0.117. The summed E-state index contributed by atoms with van der Waals surface area (Å²) in [6.45, 7) is 4.86. The maximum Gasteiger partial charge on any atom is 0.233 e. The van der Waals surface area contributed by atoms with Crippen molar-refractivity contribution in [2.75, 3.05) is 39.8 Å². The lowest BCUT2D eigenvalue weighted by Crippen LogP contribution is -2.46. The summed E-state index contributed by atoms with van der Waals surface area (Å²) in [6, 6.07) is 1.03. The molecule has 0 saturated carbocycles. The van der Waals surface area contributed by atoms with Gasteiger partial charge in [0.2, 0.25) is 5.91 Å². The van der Waals surface area contributed by atoms with Crippen LogP contribution in [0.1, 0.15) is 19.3 Å². The highest BCUT2D eigenvalue weighted by molar-refractivity contribution is 5.77. The van der Waals surface area contributed by atoms with Gasteiger partial charge in [-0.3, -0.25) is 14.6 Å². The quantitative estimate of drug-likeness (QED) is 0.680. The fraction of sp³-hybridized carbons (Fsp3) is 0.917. The maximum absolute atomic E-state index is 11.3. The fourth-order valence-corrected chi connectivity index (χ4v) is 2.82.